The lowest BCUT2D eigenvalue weighted by Gasteiger charge is -2.25. The summed E-state index contributed by atoms with van der Waals surface area (Å²) in [4.78, 5) is 12.8. The molecule has 0 bridgehead atoms. The molecule has 2 aromatic rings. The van der Waals surface area contributed by atoms with E-state index in [4.69, 9.17) is 4.74 Å². The van der Waals surface area contributed by atoms with Gasteiger partial charge in [0.15, 0.2) is 0 Å². The van der Waals surface area contributed by atoms with Crippen molar-refractivity contribution in [1.29, 1.82) is 0 Å². The number of carbonyl (C=O) groups excluding carboxylic acids is 1. The number of anilines is 1. The largest absolute Gasteiger partial charge is 0.494 e. The molecule has 7 heteroatoms. The van der Waals surface area contributed by atoms with Gasteiger partial charge in [-0.1, -0.05) is 26.3 Å². The second kappa shape index (κ2) is 10.1. The monoisotopic (exact) mass is 430 g/mol. The van der Waals surface area contributed by atoms with Gasteiger partial charge in [0.1, 0.15) is 5.75 Å². The average Bonchev–Trinajstić information content (AvgIpc) is 2.75. The predicted molar refractivity (Wildman–Crippen MR) is 118 cm³/mol. The molecule has 30 heavy (non-hydrogen) atoms. The van der Waals surface area contributed by atoms with E-state index in [1.807, 2.05) is 6.07 Å². The van der Waals surface area contributed by atoms with Crippen LogP contribution in [0.3, 0.4) is 0 Å². The smallest absolute Gasteiger partial charge is 0.255 e. The molecule has 1 aliphatic rings. The Morgan fingerprint density at radius 2 is 1.77 bits per heavy atom. The predicted octanol–water partition coefficient (Wildman–Crippen LogP) is 4.54. The zero-order chi connectivity index (χ0) is 21.6. The van der Waals surface area contributed by atoms with Crippen molar-refractivity contribution in [2.24, 2.45) is 5.92 Å². The van der Waals surface area contributed by atoms with Gasteiger partial charge in [-0.3, -0.25) is 4.79 Å². The number of carbonyl (C=O) groups is 1. The quantitative estimate of drug-likeness (QED) is 0.667. The lowest BCUT2D eigenvalue weighted by atomic mass is 10.1. The lowest BCUT2D eigenvalue weighted by molar-refractivity contribution is 0.102. The van der Waals surface area contributed by atoms with Gasteiger partial charge in [0.25, 0.3) is 5.91 Å². The zero-order valence-electron chi connectivity index (χ0n) is 17.6. The van der Waals surface area contributed by atoms with Crippen LogP contribution in [0.1, 0.15) is 49.9 Å². The van der Waals surface area contributed by atoms with Gasteiger partial charge in [-0.25, -0.2) is 8.42 Å². The number of rotatable bonds is 8. The van der Waals surface area contributed by atoms with Crippen LogP contribution in [-0.4, -0.2) is 38.3 Å². The fraction of sp³-hybridized carbons (Fsp3) is 0.435. The van der Waals surface area contributed by atoms with Crippen LogP contribution in [0.2, 0.25) is 0 Å². The molecule has 1 heterocycles. The van der Waals surface area contributed by atoms with Crippen molar-refractivity contribution < 1.29 is 17.9 Å². The second-order valence-electron chi connectivity index (χ2n) is 8.00. The Morgan fingerprint density at radius 1 is 1.07 bits per heavy atom. The van der Waals surface area contributed by atoms with Crippen LogP contribution in [0.5, 0.6) is 5.75 Å². The van der Waals surface area contributed by atoms with E-state index in [-0.39, 0.29) is 10.8 Å². The standard InChI is InChI=1S/C23H30N2O4S/c1-18(2)13-16-29-21-8-6-7-19(17-21)23(26)24-20-9-11-22(12-10-20)30(27,28)25-14-4-3-5-15-25/h6-12,17-18H,3-5,13-16H2,1-2H3,(H,24,26). The van der Waals surface area contributed by atoms with Gasteiger partial charge < -0.3 is 10.1 Å². The molecule has 162 valence electrons. The number of benzene rings is 2. The Labute approximate surface area is 179 Å². The van der Waals surface area contributed by atoms with Gasteiger partial charge in [-0.15, -0.1) is 0 Å². The summed E-state index contributed by atoms with van der Waals surface area (Å²) in [6.45, 7) is 6.01. The van der Waals surface area contributed by atoms with Crippen molar-refractivity contribution in [1.82, 2.24) is 4.31 Å². The number of nitrogens with one attached hydrogen (secondary N) is 1. The molecule has 6 nitrogen and oxygen atoms in total. The molecule has 0 saturated carbocycles. The zero-order valence-corrected chi connectivity index (χ0v) is 18.5. The molecule has 2 aromatic carbocycles. The fourth-order valence-corrected chi connectivity index (χ4v) is 4.82. The van der Waals surface area contributed by atoms with E-state index in [9.17, 15) is 13.2 Å². The molecular weight excluding hydrogens is 400 g/mol. The highest BCUT2D eigenvalue weighted by Gasteiger charge is 2.25. The third kappa shape index (κ3) is 5.83. The minimum absolute atomic E-state index is 0.253. The number of ether oxygens (including phenoxy) is 1. The Bertz CT molecular complexity index is 949. The van der Waals surface area contributed by atoms with Crippen molar-refractivity contribution >= 4 is 21.6 Å². The highest BCUT2D eigenvalue weighted by molar-refractivity contribution is 7.89. The van der Waals surface area contributed by atoms with E-state index in [1.165, 1.54) is 4.31 Å². The van der Waals surface area contributed by atoms with Crippen LogP contribution in [0.15, 0.2) is 53.4 Å². The lowest BCUT2D eigenvalue weighted by Crippen LogP contribution is -2.35. The SMILES string of the molecule is CC(C)CCOc1cccc(C(=O)Nc2ccc(S(=O)(=O)N3CCCCC3)cc2)c1. The minimum atomic E-state index is -3.48. The fourth-order valence-electron chi connectivity index (χ4n) is 3.31. The molecule has 1 N–H and O–H groups in total. The van der Waals surface area contributed by atoms with Crippen LogP contribution in [0.25, 0.3) is 0 Å². The van der Waals surface area contributed by atoms with Crippen molar-refractivity contribution in [2.75, 3.05) is 25.0 Å². The van der Waals surface area contributed by atoms with Crippen LogP contribution in [0, 0.1) is 5.92 Å². The van der Waals surface area contributed by atoms with Crippen LogP contribution >= 0.6 is 0 Å². The van der Waals surface area contributed by atoms with Crippen molar-refractivity contribution in [2.45, 2.75) is 44.4 Å². The Kier molecular flexibility index (Phi) is 7.50. The van der Waals surface area contributed by atoms with Gasteiger partial charge >= 0.3 is 0 Å². The summed E-state index contributed by atoms with van der Waals surface area (Å²) in [5, 5.41) is 2.82. The van der Waals surface area contributed by atoms with E-state index >= 15 is 0 Å². The maximum atomic E-state index is 12.7. The summed E-state index contributed by atoms with van der Waals surface area (Å²) in [7, 11) is -3.48. The van der Waals surface area contributed by atoms with E-state index in [2.05, 4.69) is 19.2 Å². The molecular formula is C23H30N2O4S. The molecule has 1 amide bonds. The second-order valence-corrected chi connectivity index (χ2v) is 9.94. The molecule has 1 aliphatic heterocycles. The number of piperidine rings is 1. The number of hydrogen-bond donors (Lipinski definition) is 1. The minimum Gasteiger partial charge on any atom is -0.494 e. The van der Waals surface area contributed by atoms with E-state index in [1.54, 1.807) is 42.5 Å². The summed E-state index contributed by atoms with van der Waals surface area (Å²) in [6.07, 6.45) is 3.81. The Hall–Kier alpha value is -2.38. The van der Waals surface area contributed by atoms with E-state index < -0.39 is 10.0 Å². The van der Waals surface area contributed by atoms with Crippen molar-refractivity contribution in [3.63, 3.8) is 0 Å². The molecule has 0 radical (unpaired) electrons. The number of sulfonamides is 1. The third-order valence-corrected chi connectivity index (χ3v) is 7.04. The summed E-state index contributed by atoms with van der Waals surface area (Å²) in [6, 6.07) is 13.4. The molecule has 0 aliphatic carbocycles. The van der Waals surface area contributed by atoms with Gasteiger partial charge in [-0.05, 0) is 67.6 Å². The first-order valence-electron chi connectivity index (χ1n) is 10.5. The summed E-state index contributed by atoms with van der Waals surface area (Å²) in [5.74, 6) is 0.945. The molecule has 1 fully saturated rings. The summed E-state index contributed by atoms with van der Waals surface area (Å²) in [5.41, 5.74) is 1.03. The van der Waals surface area contributed by atoms with Crippen molar-refractivity contribution in [3.8, 4) is 5.75 Å². The summed E-state index contributed by atoms with van der Waals surface area (Å²) < 4.78 is 32.7. The molecule has 0 unspecified atom stereocenters. The highest BCUT2D eigenvalue weighted by Crippen LogP contribution is 2.22. The van der Waals surface area contributed by atoms with E-state index in [0.717, 1.165) is 25.7 Å². The number of hydrogen-bond acceptors (Lipinski definition) is 4. The number of nitrogens with zero attached hydrogens (tertiary/aromatic N) is 1. The maximum absolute atomic E-state index is 12.7. The molecule has 0 aromatic heterocycles. The normalized spacial score (nSPS) is 15.2. The average molecular weight is 431 g/mol. The van der Waals surface area contributed by atoms with Gasteiger partial charge in [0.05, 0.1) is 11.5 Å². The van der Waals surface area contributed by atoms with Gasteiger partial charge in [0, 0.05) is 24.3 Å². The maximum Gasteiger partial charge on any atom is 0.255 e. The first kappa shape index (κ1) is 22.3. The Balaban J connectivity index is 1.63. The molecule has 0 spiro atoms. The Morgan fingerprint density at radius 3 is 2.43 bits per heavy atom. The highest BCUT2D eigenvalue weighted by atomic mass is 32.2. The third-order valence-electron chi connectivity index (χ3n) is 5.13. The molecule has 3 rings (SSSR count). The van der Waals surface area contributed by atoms with E-state index in [0.29, 0.717) is 42.6 Å². The molecule has 0 atom stereocenters. The van der Waals surface area contributed by atoms with Gasteiger partial charge in [0.2, 0.25) is 10.0 Å². The first-order valence-corrected chi connectivity index (χ1v) is 11.9. The topological polar surface area (TPSA) is 75.7 Å². The first-order chi connectivity index (χ1) is 14.4. The number of amides is 1. The van der Waals surface area contributed by atoms with Crippen molar-refractivity contribution in [3.05, 3.63) is 54.1 Å². The van der Waals surface area contributed by atoms with Crippen LogP contribution < -0.4 is 10.1 Å². The van der Waals surface area contributed by atoms with Gasteiger partial charge in [-0.2, -0.15) is 4.31 Å². The van der Waals surface area contributed by atoms with Crippen LogP contribution in [0.4, 0.5) is 5.69 Å². The summed E-state index contributed by atoms with van der Waals surface area (Å²) >= 11 is 0. The molecule has 1 saturated heterocycles. The van der Waals surface area contributed by atoms with Crippen LogP contribution in [-0.2, 0) is 10.0 Å².